The molecular formula is C20H37N3O3. The van der Waals surface area contributed by atoms with Gasteiger partial charge in [0.2, 0.25) is 11.8 Å². The fourth-order valence-electron chi connectivity index (χ4n) is 4.95. The van der Waals surface area contributed by atoms with Gasteiger partial charge in [-0.05, 0) is 44.6 Å². The zero-order valence-corrected chi connectivity index (χ0v) is 17.3. The summed E-state index contributed by atoms with van der Waals surface area (Å²) >= 11 is 0. The van der Waals surface area contributed by atoms with E-state index in [9.17, 15) is 9.59 Å². The molecule has 6 atom stereocenters. The van der Waals surface area contributed by atoms with Gasteiger partial charge in [0, 0.05) is 20.2 Å². The third-order valence-corrected chi connectivity index (χ3v) is 6.74. The zero-order chi connectivity index (χ0) is 19.4. The average Bonchev–Trinajstić information content (AvgIpc) is 3.23. The van der Waals surface area contributed by atoms with Gasteiger partial charge in [-0.2, -0.15) is 0 Å². The van der Waals surface area contributed by atoms with E-state index in [1.807, 2.05) is 14.1 Å². The Morgan fingerprint density at radius 3 is 2.46 bits per heavy atom. The first-order valence-electron chi connectivity index (χ1n) is 10.1. The summed E-state index contributed by atoms with van der Waals surface area (Å²) in [6, 6.07) is 0.486. The van der Waals surface area contributed by atoms with Crippen molar-refractivity contribution in [2.24, 2.45) is 11.8 Å². The summed E-state index contributed by atoms with van der Waals surface area (Å²) in [6.07, 6.45) is 5.27. The fourth-order valence-corrected chi connectivity index (χ4v) is 4.95. The minimum absolute atomic E-state index is 0.000299. The van der Waals surface area contributed by atoms with Crippen molar-refractivity contribution in [3.05, 3.63) is 0 Å². The normalized spacial score (nSPS) is 28.6. The van der Waals surface area contributed by atoms with E-state index in [0.29, 0.717) is 17.9 Å². The summed E-state index contributed by atoms with van der Waals surface area (Å²) in [5.41, 5.74) is 0. The Kier molecular flexibility index (Phi) is 7.47. The fraction of sp³-hybridized carbons (Fsp3) is 0.900. The van der Waals surface area contributed by atoms with Crippen LogP contribution in [-0.4, -0.2) is 73.6 Å². The lowest BCUT2D eigenvalue weighted by Crippen LogP contribution is -2.54. The van der Waals surface area contributed by atoms with Gasteiger partial charge in [-0.3, -0.25) is 14.5 Å². The summed E-state index contributed by atoms with van der Waals surface area (Å²) in [6.45, 7) is 6.42. The number of likely N-dealkylation sites (tertiary alicyclic amines) is 1. The number of carbonyl (C=O) groups excluding carboxylic acids is 2. The monoisotopic (exact) mass is 367 g/mol. The molecule has 26 heavy (non-hydrogen) atoms. The van der Waals surface area contributed by atoms with Crippen molar-refractivity contribution in [1.82, 2.24) is 15.1 Å². The molecule has 1 heterocycles. The maximum Gasteiger partial charge on any atom is 0.242 e. The van der Waals surface area contributed by atoms with E-state index in [1.54, 1.807) is 12.0 Å². The molecule has 0 aromatic heterocycles. The Hall–Kier alpha value is -1.14. The smallest absolute Gasteiger partial charge is 0.242 e. The number of carbonyl (C=O) groups is 2. The number of amides is 2. The number of nitrogens with one attached hydrogen (secondary N) is 1. The molecule has 2 aliphatic rings. The Morgan fingerprint density at radius 1 is 1.27 bits per heavy atom. The summed E-state index contributed by atoms with van der Waals surface area (Å²) in [5.74, 6) is 0.732. The van der Waals surface area contributed by atoms with E-state index in [-0.39, 0.29) is 36.5 Å². The molecule has 2 amide bonds. The number of fused-ring (bicyclic) bond motifs is 2. The molecule has 6 unspecified atom stereocenters. The first-order chi connectivity index (χ1) is 12.3. The van der Waals surface area contributed by atoms with Crippen LogP contribution in [-0.2, 0) is 14.3 Å². The largest absolute Gasteiger partial charge is 0.379 e. The number of nitrogens with zero attached hydrogens (tertiary/aromatic N) is 2. The lowest BCUT2D eigenvalue weighted by molar-refractivity contribution is -0.138. The minimum Gasteiger partial charge on any atom is -0.379 e. The minimum atomic E-state index is -0.0698. The van der Waals surface area contributed by atoms with Gasteiger partial charge in [-0.25, -0.2) is 0 Å². The Balaban J connectivity index is 1.93. The van der Waals surface area contributed by atoms with Crippen molar-refractivity contribution in [2.45, 2.75) is 77.1 Å². The predicted molar refractivity (Wildman–Crippen MR) is 103 cm³/mol. The summed E-state index contributed by atoms with van der Waals surface area (Å²) < 4.78 is 5.62. The van der Waals surface area contributed by atoms with Gasteiger partial charge in [0.15, 0.2) is 0 Å². The van der Waals surface area contributed by atoms with Crippen LogP contribution in [0.5, 0.6) is 0 Å². The molecule has 0 radical (unpaired) electrons. The van der Waals surface area contributed by atoms with Gasteiger partial charge in [0.25, 0.3) is 0 Å². The number of likely N-dealkylation sites (N-methyl/N-ethyl adjacent to an activating group) is 2. The van der Waals surface area contributed by atoms with Crippen LogP contribution < -0.4 is 5.32 Å². The van der Waals surface area contributed by atoms with Crippen LogP contribution in [0.3, 0.4) is 0 Å². The first-order valence-corrected chi connectivity index (χ1v) is 10.1. The molecule has 2 fully saturated rings. The van der Waals surface area contributed by atoms with Gasteiger partial charge in [-0.1, -0.05) is 27.2 Å². The SMILES string of the molecule is CCC(C)C(C(CC)OC)N(C)C(=O)CNC(=O)C1C2CCC(C2)N1C. The molecule has 0 aromatic rings. The maximum absolute atomic E-state index is 12.7. The summed E-state index contributed by atoms with van der Waals surface area (Å²) in [5, 5.41) is 2.89. The summed E-state index contributed by atoms with van der Waals surface area (Å²) in [4.78, 5) is 29.3. The maximum atomic E-state index is 12.7. The van der Waals surface area contributed by atoms with Crippen molar-refractivity contribution in [3.8, 4) is 0 Å². The van der Waals surface area contributed by atoms with Gasteiger partial charge >= 0.3 is 0 Å². The third kappa shape index (κ3) is 4.22. The topological polar surface area (TPSA) is 61.9 Å². The molecule has 1 N–H and O–H groups in total. The lowest BCUT2D eigenvalue weighted by Gasteiger charge is -2.37. The van der Waals surface area contributed by atoms with E-state index >= 15 is 0 Å². The third-order valence-electron chi connectivity index (χ3n) is 6.74. The van der Waals surface area contributed by atoms with Crippen molar-refractivity contribution in [2.75, 3.05) is 27.7 Å². The second-order valence-electron chi connectivity index (χ2n) is 8.12. The Bertz CT molecular complexity index is 493. The molecule has 1 aliphatic carbocycles. The van der Waals surface area contributed by atoms with Gasteiger partial charge in [0.1, 0.15) is 0 Å². The number of piperidine rings is 1. The van der Waals surface area contributed by atoms with Gasteiger partial charge in [-0.15, -0.1) is 0 Å². The van der Waals surface area contributed by atoms with Crippen molar-refractivity contribution < 1.29 is 14.3 Å². The molecule has 1 aliphatic heterocycles. The zero-order valence-electron chi connectivity index (χ0n) is 17.3. The van der Waals surface area contributed by atoms with Crippen molar-refractivity contribution >= 4 is 11.8 Å². The molecule has 2 bridgehead atoms. The highest BCUT2D eigenvalue weighted by Crippen LogP contribution is 2.41. The van der Waals surface area contributed by atoms with Crippen LogP contribution >= 0.6 is 0 Å². The number of hydrogen-bond donors (Lipinski definition) is 1. The van der Waals surface area contributed by atoms with Gasteiger partial charge in [0.05, 0.1) is 24.7 Å². The molecule has 6 nitrogen and oxygen atoms in total. The van der Waals surface area contributed by atoms with E-state index in [1.165, 1.54) is 6.42 Å². The molecule has 150 valence electrons. The molecule has 1 saturated heterocycles. The molecule has 0 spiro atoms. The first kappa shape index (κ1) is 21.2. The van der Waals surface area contributed by atoms with Crippen LogP contribution in [0.15, 0.2) is 0 Å². The van der Waals surface area contributed by atoms with E-state index in [4.69, 9.17) is 4.74 Å². The van der Waals surface area contributed by atoms with Crippen LogP contribution in [0.25, 0.3) is 0 Å². The van der Waals surface area contributed by atoms with E-state index < -0.39 is 0 Å². The molecule has 2 rings (SSSR count). The number of rotatable bonds is 9. The highest BCUT2D eigenvalue weighted by atomic mass is 16.5. The quantitative estimate of drug-likeness (QED) is 0.676. The standard InChI is InChI=1S/C20H37N3O3/c1-7-13(3)18(16(8-2)26-6)23(5)17(24)12-21-20(25)19-14-9-10-15(11-14)22(19)4/h13-16,18-19H,7-12H2,1-6H3,(H,21,25). The van der Waals surface area contributed by atoms with Crippen LogP contribution in [0.1, 0.15) is 52.9 Å². The van der Waals surface area contributed by atoms with Crippen molar-refractivity contribution in [1.29, 1.82) is 0 Å². The number of methoxy groups -OCH3 is 1. The average molecular weight is 368 g/mol. The van der Waals surface area contributed by atoms with Gasteiger partial charge < -0.3 is 15.0 Å². The van der Waals surface area contributed by atoms with Crippen LogP contribution in [0.2, 0.25) is 0 Å². The van der Waals surface area contributed by atoms with Crippen molar-refractivity contribution in [3.63, 3.8) is 0 Å². The Labute approximate surface area is 158 Å². The highest BCUT2D eigenvalue weighted by Gasteiger charge is 2.47. The molecule has 6 heteroatoms. The predicted octanol–water partition coefficient (Wildman–Crippen LogP) is 1.88. The Morgan fingerprint density at radius 2 is 1.96 bits per heavy atom. The molecule has 0 aromatic carbocycles. The van der Waals surface area contributed by atoms with E-state index in [0.717, 1.165) is 25.7 Å². The number of hydrogen-bond acceptors (Lipinski definition) is 4. The van der Waals surface area contributed by atoms with Crippen LogP contribution in [0.4, 0.5) is 0 Å². The molecular weight excluding hydrogens is 330 g/mol. The lowest BCUT2D eigenvalue weighted by atomic mass is 9.91. The van der Waals surface area contributed by atoms with Crippen LogP contribution in [0, 0.1) is 11.8 Å². The highest BCUT2D eigenvalue weighted by molar-refractivity contribution is 5.88. The second-order valence-corrected chi connectivity index (χ2v) is 8.12. The number of ether oxygens (including phenoxy) is 1. The van der Waals surface area contributed by atoms with E-state index in [2.05, 4.69) is 31.0 Å². The summed E-state index contributed by atoms with van der Waals surface area (Å²) in [7, 11) is 5.57. The molecule has 1 saturated carbocycles. The second kappa shape index (κ2) is 9.18.